The van der Waals surface area contributed by atoms with Gasteiger partial charge in [-0.15, -0.1) is 0 Å². The van der Waals surface area contributed by atoms with Crippen molar-refractivity contribution in [1.82, 2.24) is 9.78 Å². The summed E-state index contributed by atoms with van der Waals surface area (Å²) in [7, 11) is 0. The lowest BCUT2D eigenvalue weighted by atomic mass is 9.83. The van der Waals surface area contributed by atoms with Crippen LogP contribution < -0.4 is 16.6 Å². The molecule has 20 heavy (non-hydrogen) atoms. The molecule has 0 aliphatic heterocycles. The first-order valence-corrected chi connectivity index (χ1v) is 7.38. The van der Waals surface area contributed by atoms with Crippen LogP contribution in [0.15, 0.2) is 15.5 Å². The average Bonchev–Trinajstić information content (AvgIpc) is 2.43. The number of aromatic nitrogens is 2. The van der Waals surface area contributed by atoms with Gasteiger partial charge in [-0.05, 0) is 29.3 Å². The normalized spacial score (nSPS) is 25.3. The third-order valence-corrected chi connectivity index (χ3v) is 4.13. The molecular formula is C12H19BrN4O3. The Hall–Kier alpha value is -0.960. The fourth-order valence-corrected chi connectivity index (χ4v) is 2.65. The molecule has 1 aromatic rings. The van der Waals surface area contributed by atoms with Gasteiger partial charge < -0.3 is 20.9 Å². The first-order valence-electron chi connectivity index (χ1n) is 6.58. The van der Waals surface area contributed by atoms with Gasteiger partial charge in [0.2, 0.25) is 0 Å². The summed E-state index contributed by atoms with van der Waals surface area (Å²) in [6, 6.07) is -0.0283. The largest absolute Gasteiger partial charge is 0.394 e. The second-order valence-corrected chi connectivity index (χ2v) is 5.48. The van der Waals surface area contributed by atoms with Gasteiger partial charge in [-0.1, -0.05) is 0 Å². The number of nitrogens with two attached hydrogens (primary N) is 1. The SMILES string of the molecule is CCOC1CC(N)C1Nc1cnn(CCO)c(=O)c1Br. The summed E-state index contributed by atoms with van der Waals surface area (Å²) >= 11 is 3.26. The molecule has 0 amide bonds. The summed E-state index contributed by atoms with van der Waals surface area (Å²) in [5, 5.41) is 16.1. The molecule has 1 aromatic heterocycles. The number of ether oxygens (including phenoxy) is 1. The zero-order chi connectivity index (χ0) is 14.7. The zero-order valence-electron chi connectivity index (χ0n) is 11.3. The van der Waals surface area contributed by atoms with Crippen LogP contribution >= 0.6 is 15.9 Å². The monoisotopic (exact) mass is 346 g/mol. The van der Waals surface area contributed by atoms with E-state index in [1.165, 1.54) is 4.68 Å². The highest BCUT2D eigenvalue weighted by Gasteiger charge is 2.39. The van der Waals surface area contributed by atoms with Gasteiger partial charge >= 0.3 is 0 Å². The van der Waals surface area contributed by atoms with E-state index in [-0.39, 0.29) is 36.9 Å². The standard InChI is InChI=1S/C12H19BrN4O3/c1-2-20-9-5-7(14)11(9)16-8-6-15-17(3-4-18)12(19)10(8)13/h6-7,9,11,16,18H,2-5,14H2,1H3. The second-order valence-electron chi connectivity index (χ2n) is 4.69. The molecule has 0 aromatic carbocycles. The van der Waals surface area contributed by atoms with Crippen molar-refractivity contribution in [2.75, 3.05) is 18.5 Å². The van der Waals surface area contributed by atoms with E-state index in [9.17, 15) is 4.79 Å². The topological polar surface area (TPSA) is 102 Å². The number of anilines is 1. The van der Waals surface area contributed by atoms with Crippen molar-refractivity contribution in [3.05, 3.63) is 21.0 Å². The molecular weight excluding hydrogens is 328 g/mol. The van der Waals surface area contributed by atoms with E-state index in [0.717, 1.165) is 6.42 Å². The number of aliphatic hydroxyl groups is 1. The number of aliphatic hydroxyl groups excluding tert-OH is 1. The lowest BCUT2D eigenvalue weighted by Gasteiger charge is -2.43. The van der Waals surface area contributed by atoms with Crippen molar-refractivity contribution < 1.29 is 9.84 Å². The highest BCUT2D eigenvalue weighted by Crippen LogP contribution is 2.28. The van der Waals surface area contributed by atoms with Crippen molar-refractivity contribution in [2.24, 2.45) is 5.73 Å². The van der Waals surface area contributed by atoms with Gasteiger partial charge in [0.05, 0.1) is 37.2 Å². The average molecular weight is 347 g/mol. The van der Waals surface area contributed by atoms with Crippen molar-refractivity contribution >= 4 is 21.6 Å². The molecule has 3 unspecified atom stereocenters. The summed E-state index contributed by atoms with van der Waals surface area (Å²) in [5.74, 6) is 0. The lowest BCUT2D eigenvalue weighted by Crippen LogP contribution is -2.60. The molecule has 1 fully saturated rings. The molecule has 2 rings (SSSR count). The smallest absolute Gasteiger partial charge is 0.283 e. The number of nitrogens with zero attached hydrogens (tertiary/aromatic N) is 2. The van der Waals surface area contributed by atoms with E-state index in [0.29, 0.717) is 16.8 Å². The molecule has 8 heteroatoms. The third-order valence-electron chi connectivity index (χ3n) is 3.37. The van der Waals surface area contributed by atoms with Crippen LogP contribution in [-0.4, -0.2) is 46.3 Å². The van der Waals surface area contributed by atoms with Gasteiger partial charge in [-0.3, -0.25) is 4.79 Å². The molecule has 4 N–H and O–H groups in total. The van der Waals surface area contributed by atoms with Crippen molar-refractivity contribution in [3.8, 4) is 0 Å². The first kappa shape index (κ1) is 15.4. The summed E-state index contributed by atoms with van der Waals surface area (Å²) in [6.07, 6.45) is 2.41. The summed E-state index contributed by atoms with van der Waals surface area (Å²) in [5.41, 5.74) is 6.27. The Morgan fingerprint density at radius 3 is 3.05 bits per heavy atom. The van der Waals surface area contributed by atoms with E-state index >= 15 is 0 Å². The van der Waals surface area contributed by atoms with Crippen LogP contribution in [0.25, 0.3) is 0 Å². The quantitative estimate of drug-likeness (QED) is 0.665. The molecule has 3 atom stereocenters. The number of hydrogen-bond acceptors (Lipinski definition) is 6. The van der Waals surface area contributed by atoms with Crippen LogP contribution in [0.4, 0.5) is 5.69 Å². The number of nitrogens with one attached hydrogen (secondary N) is 1. The van der Waals surface area contributed by atoms with Gasteiger partial charge in [0, 0.05) is 12.6 Å². The molecule has 1 heterocycles. The van der Waals surface area contributed by atoms with Gasteiger partial charge in [0.25, 0.3) is 5.56 Å². The van der Waals surface area contributed by atoms with Crippen LogP contribution in [0.2, 0.25) is 0 Å². The fraction of sp³-hybridized carbons (Fsp3) is 0.667. The molecule has 0 saturated heterocycles. The summed E-state index contributed by atoms with van der Waals surface area (Å²) in [6.45, 7) is 2.61. The van der Waals surface area contributed by atoms with Gasteiger partial charge in [0.1, 0.15) is 4.47 Å². The van der Waals surface area contributed by atoms with Gasteiger partial charge in [-0.2, -0.15) is 5.10 Å². The molecule has 1 saturated carbocycles. The lowest BCUT2D eigenvalue weighted by molar-refractivity contribution is -0.0126. The van der Waals surface area contributed by atoms with Crippen molar-refractivity contribution in [1.29, 1.82) is 0 Å². The maximum atomic E-state index is 12.0. The van der Waals surface area contributed by atoms with Gasteiger partial charge in [0.15, 0.2) is 0 Å². The van der Waals surface area contributed by atoms with Gasteiger partial charge in [-0.25, -0.2) is 4.68 Å². The Labute approximate surface area is 125 Å². The Bertz CT molecular complexity index is 520. The number of rotatable bonds is 6. The molecule has 0 spiro atoms. The molecule has 7 nitrogen and oxygen atoms in total. The van der Waals surface area contributed by atoms with Crippen LogP contribution in [0.3, 0.4) is 0 Å². The fourth-order valence-electron chi connectivity index (χ4n) is 2.23. The predicted molar refractivity (Wildman–Crippen MR) is 78.7 cm³/mol. The first-order chi connectivity index (χ1) is 9.58. The van der Waals surface area contributed by atoms with Crippen molar-refractivity contribution in [2.45, 2.75) is 38.1 Å². The summed E-state index contributed by atoms with van der Waals surface area (Å²) in [4.78, 5) is 12.0. The third kappa shape index (κ3) is 3.03. The van der Waals surface area contributed by atoms with Crippen LogP contribution in [0.5, 0.6) is 0 Å². The number of hydrogen-bond donors (Lipinski definition) is 3. The van der Waals surface area contributed by atoms with Crippen molar-refractivity contribution in [3.63, 3.8) is 0 Å². The predicted octanol–water partition coefficient (Wildman–Crippen LogP) is -0.0853. The van der Waals surface area contributed by atoms with Crippen LogP contribution in [0.1, 0.15) is 13.3 Å². The number of halogens is 1. The minimum atomic E-state index is -0.287. The minimum Gasteiger partial charge on any atom is -0.394 e. The maximum Gasteiger partial charge on any atom is 0.283 e. The zero-order valence-corrected chi connectivity index (χ0v) is 12.8. The molecule has 0 radical (unpaired) electrons. The highest BCUT2D eigenvalue weighted by molar-refractivity contribution is 9.10. The van der Waals surface area contributed by atoms with E-state index in [4.69, 9.17) is 15.6 Å². The maximum absolute atomic E-state index is 12.0. The molecule has 1 aliphatic rings. The second kappa shape index (κ2) is 6.66. The van der Waals surface area contributed by atoms with Crippen LogP contribution in [0, 0.1) is 0 Å². The van der Waals surface area contributed by atoms with E-state index < -0.39 is 0 Å². The Morgan fingerprint density at radius 1 is 1.70 bits per heavy atom. The minimum absolute atomic E-state index is 0.00155. The van der Waals surface area contributed by atoms with E-state index in [2.05, 4.69) is 26.3 Å². The van der Waals surface area contributed by atoms with Crippen LogP contribution in [-0.2, 0) is 11.3 Å². The Balaban J connectivity index is 2.14. The molecule has 112 valence electrons. The Kier molecular flexibility index (Phi) is 5.14. The molecule has 1 aliphatic carbocycles. The van der Waals surface area contributed by atoms with E-state index in [1.807, 2.05) is 6.92 Å². The summed E-state index contributed by atoms with van der Waals surface area (Å²) < 4.78 is 7.16. The molecule has 0 bridgehead atoms. The Morgan fingerprint density at radius 2 is 2.45 bits per heavy atom. The van der Waals surface area contributed by atoms with E-state index in [1.54, 1.807) is 6.20 Å². The highest BCUT2D eigenvalue weighted by atomic mass is 79.9.